The van der Waals surface area contributed by atoms with Gasteiger partial charge in [-0.3, -0.25) is 9.89 Å². The van der Waals surface area contributed by atoms with Crippen molar-refractivity contribution in [2.75, 3.05) is 26.4 Å². The number of aromatic amines is 1. The molecule has 3 aromatic rings. The standard InChI is InChI=1S/C18H20N4O3/c23-18(19-10-15-12-24-7-8-25-15)16-9-14(20-21-16)11-22-6-5-13-3-1-2-4-17(13)22/h1-6,9,15H,7-8,10-12H2,(H,19,23)(H,20,21)/t15-/m0/s1. The number of amides is 1. The Balaban J connectivity index is 1.38. The number of rotatable bonds is 5. The molecular formula is C18H20N4O3. The minimum atomic E-state index is -0.214. The molecule has 7 nitrogen and oxygen atoms in total. The molecule has 0 aliphatic carbocycles. The Hall–Kier alpha value is -2.64. The molecule has 2 aromatic heterocycles. The number of hydrogen-bond donors (Lipinski definition) is 2. The largest absolute Gasteiger partial charge is 0.376 e. The average molecular weight is 340 g/mol. The number of para-hydroxylation sites is 1. The van der Waals surface area contributed by atoms with E-state index >= 15 is 0 Å². The Kier molecular flexibility index (Phi) is 4.49. The van der Waals surface area contributed by atoms with E-state index in [2.05, 4.69) is 38.3 Å². The van der Waals surface area contributed by atoms with Crippen LogP contribution in [0.25, 0.3) is 10.9 Å². The van der Waals surface area contributed by atoms with Gasteiger partial charge in [0.1, 0.15) is 5.69 Å². The third-order valence-corrected chi connectivity index (χ3v) is 4.26. The zero-order chi connectivity index (χ0) is 17.1. The summed E-state index contributed by atoms with van der Waals surface area (Å²) in [6, 6.07) is 12.0. The summed E-state index contributed by atoms with van der Waals surface area (Å²) in [5, 5.41) is 11.1. The number of H-pyrrole nitrogens is 1. The topological polar surface area (TPSA) is 81.2 Å². The molecular weight excluding hydrogens is 320 g/mol. The zero-order valence-corrected chi connectivity index (χ0v) is 13.8. The normalized spacial score (nSPS) is 17.7. The number of nitrogens with one attached hydrogen (secondary N) is 2. The second-order valence-corrected chi connectivity index (χ2v) is 6.06. The number of ether oxygens (including phenoxy) is 2. The van der Waals surface area contributed by atoms with Gasteiger partial charge in [0.25, 0.3) is 5.91 Å². The Morgan fingerprint density at radius 2 is 2.24 bits per heavy atom. The van der Waals surface area contributed by atoms with Gasteiger partial charge < -0.3 is 19.4 Å². The summed E-state index contributed by atoms with van der Waals surface area (Å²) in [6.07, 6.45) is 1.94. The molecule has 7 heteroatoms. The summed E-state index contributed by atoms with van der Waals surface area (Å²) >= 11 is 0. The van der Waals surface area contributed by atoms with Gasteiger partial charge >= 0.3 is 0 Å². The molecule has 1 aliphatic rings. The molecule has 0 spiro atoms. The van der Waals surface area contributed by atoms with E-state index < -0.39 is 0 Å². The van der Waals surface area contributed by atoms with Gasteiger partial charge in [-0.1, -0.05) is 18.2 Å². The van der Waals surface area contributed by atoms with Crippen molar-refractivity contribution in [3.63, 3.8) is 0 Å². The highest BCUT2D eigenvalue weighted by molar-refractivity contribution is 5.92. The minimum absolute atomic E-state index is 0.0950. The first-order chi connectivity index (χ1) is 12.3. The predicted molar refractivity (Wildman–Crippen MR) is 92.5 cm³/mol. The van der Waals surface area contributed by atoms with Crippen molar-refractivity contribution in [3.05, 3.63) is 54.0 Å². The first-order valence-corrected chi connectivity index (χ1v) is 8.35. The van der Waals surface area contributed by atoms with E-state index in [1.165, 1.54) is 5.39 Å². The maximum absolute atomic E-state index is 12.2. The van der Waals surface area contributed by atoms with Gasteiger partial charge in [-0.15, -0.1) is 0 Å². The van der Waals surface area contributed by atoms with Crippen LogP contribution in [-0.2, 0) is 16.0 Å². The number of fused-ring (bicyclic) bond motifs is 1. The molecule has 0 radical (unpaired) electrons. The van der Waals surface area contributed by atoms with Crippen molar-refractivity contribution in [2.24, 2.45) is 0 Å². The monoisotopic (exact) mass is 340 g/mol. The van der Waals surface area contributed by atoms with Crippen molar-refractivity contribution in [1.82, 2.24) is 20.1 Å². The molecule has 1 amide bonds. The molecule has 130 valence electrons. The smallest absolute Gasteiger partial charge is 0.271 e. The van der Waals surface area contributed by atoms with E-state index in [1.807, 2.05) is 18.3 Å². The summed E-state index contributed by atoms with van der Waals surface area (Å²) in [6.45, 7) is 2.74. The first-order valence-electron chi connectivity index (χ1n) is 8.35. The molecule has 1 atom stereocenters. The van der Waals surface area contributed by atoms with Crippen LogP contribution in [-0.4, -0.2) is 53.1 Å². The highest BCUT2D eigenvalue weighted by atomic mass is 16.6. The van der Waals surface area contributed by atoms with E-state index in [0.29, 0.717) is 38.6 Å². The highest BCUT2D eigenvalue weighted by Gasteiger charge is 2.17. The van der Waals surface area contributed by atoms with Crippen molar-refractivity contribution < 1.29 is 14.3 Å². The SMILES string of the molecule is O=C(NC[C@H]1COCCO1)c1cc(Cn2ccc3ccccc32)[nH]n1. The summed E-state index contributed by atoms with van der Waals surface area (Å²) in [5.74, 6) is -0.214. The summed E-state index contributed by atoms with van der Waals surface area (Å²) < 4.78 is 12.9. The highest BCUT2D eigenvalue weighted by Crippen LogP contribution is 2.16. The lowest BCUT2D eigenvalue weighted by Crippen LogP contribution is -2.39. The quantitative estimate of drug-likeness (QED) is 0.738. The Morgan fingerprint density at radius 1 is 1.32 bits per heavy atom. The molecule has 25 heavy (non-hydrogen) atoms. The number of nitrogens with zero attached hydrogens (tertiary/aromatic N) is 2. The van der Waals surface area contributed by atoms with E-state index in [-0.39, 0.29) is 12.0 Å². The molecule has 2 N–H and O–H groups in total. The van der Waals surface area contributed by atoms with Crippen LogP contribution in [0, 0.1) is 0 Å². The third kappa shape index (κ3) is 3.57. The molecule has 0 unspecified atom stereocenters. The Bertz CT molecular complexity index is 864. The number of aromatic nitrogens is 3. The Labute approximate surface area is 144 Å². The number of carbonyl (C=O) groups is 1. The van der Waals surface area contributed by atoms with Crippen molar-refractivity contribution >= 4 is 16.8 Å². The molecule has 1 saturated heterocycles. The van der Waals surface area contributed by atoms with Gasteiger partial charge in [-0.2, -0.15) is 5.10 Å². The fraction of sp³-hybridized carbons (Fsp3) is 0.333. The molecule has 0 bridgehead atoms. The lowest BCUT2D eigenvalue weighted by molar-refractivity contribution is -0.0855. The van der Waals surface area contributed by atoms with Crippen LogP contribution < -0.4 is 5.32 Å². The second kappa shape index (κ2) is 7.08. The number of benzene rings is 1. The van der Waals surface area contributed by atoms with Crippen LogP contribution in [0.5, 0.6) is 0 Å². The van der Waals surface area contributed by atoms with Gasteiger partial charge in [0, 0.05) is 18.3 Å². The predicted octanol–water partition coefficient (Wildman–Crippen LogP) is 1.56. The summed E-state index contributed by atoms with van der Waals surface area (Å²) in [4.78, 5) is 12.2. The van der Waals surface area contributed by atoms with Crippen molar-refractivity contribution in [3.8, 4) is 0 Å². The maximum Gasteiger partial charge on any atom is 0.271 e. The van der Waals surface area contributed by atoms with Crippen LogP contribution in [0.4, 0.5) is 0 Å². The lowest BCUT2D eigenvalue weighted by Gasteiger charge is -2.22. The molecule has 0 saturated carbocycles. The minimum Gasteiger partial charge on any atom is -0.376 e. The maximum atomic E-state index is 12.2. The van der Waals surface area contributed by atoms with Crippen LogP contribution in [0.15, 0.2) is 42.6 Å². The van der Waals surface area contributed by atoms with Crippen LogP contribution >= 0.6 is 0 Å². The molecule has 1 aromatic carbocycles. The van der Waals surface area contributed by atoms with Crippen LogP contribution in [0.3, 0.4) is 0 Å². The second-order valence-electron chi connectivity index (χ2n) is 6.06. The fourth-order valence-corrected chi connectivity index (χ4v) is 2.97. The summed E-state index contributed by atoms with van der Waals surface area (Å²) in [7, 11) is 0. The molecule has 4 rings (SSSR count). The van der Waals surface area contributed by atoms with E-state index in [1.54, 1.807) is 6.07 Å². The lowest BCUT2D eigenvalue weighted by atomic mass is 10.2. The van der Waals surface area contributed by atoms with E-state index in [4.69, 9.17) is 9.47 Å². The summed E-state index contributed by atoms with van der Waals surface area (Å²) in [5.41, 5.74) is 2.41. The van der Waals surface area contributed by atoms with Gasteiger partial charge in [-0.25, -0.2) is 0 Å². The van der Waals surface area contributed by atoms with Crippen LogP contribution in [0.1, 0.15) is 16.2 Å². The Morgan fingerprint density at radius 3 is 3.12 bits per heavy atom. The zero-order valence-electron chi connectivity index (χ0n) is 13.8. The van der Waals surface area contributed by atoms with Gasteiger partial charge in [0.15, 0.2) is 0 Å². The van der Waals surface area contributed by atoms with Gasteiger partial charge in [-0.05, 0) is 23.6 Å². The average Bonchev–Trinajstić information content (AvgIpc) is 3.29. The van der Waals surface area contributed by atoms with Crippen LogP contribution in [0.2, 0.25) is 0 Å². The van der Waals surface area contributed by atoms with Crippen molar-refractivity contribution in [2.45, 2.75) is 12.6 Å². The number of hydrogen-bond acceptors (Lipinski definition) is 4. The molecule has 1 aliphatic heterocycles. The van der Waals surface area contributed by atoms with Gasteiger partial charge in [0.05, 0.1) is 38.2 Å². The van der Waals surface area contributed by atoms with Crippen molar-refractivity contribution in [1.29, 1.82) is 0 Å². The van der Waals surface area contributed by atoms with E-state index in [9.17, 15) is 4.79 Å². The third-order valence-electron chi connectivity index (χ3n) is 4.26. The van der Waals surface area contributed by atoms with E-state index in [0.717, 1.165) is 11.2 Å². The molecule has 3 heterocycles. The molecule has 1 fully saturated rings. The van der Waals surface area contributed by atoms with Gasteiger partial charge in [0.2, 0.25) is 0 Å². The first kappa shape index (κ1) is 15.9. The number of carbonyl (C=O) groups excluding carboxylic acids is 1. The fourth-order valence-electron chi connectivity index (χ4n) is 2.97.